The quantitative estimate of drug-likeness (QED) is 0.701. The van der Waals surface area contributed by atoms with E-state index in [4.69, 9.17) is 13.8 Å². The van der Waals surface area contributed by atoms with Gasteiger partial charge in [-0.2, -0.15) is 0 Å². The van der Waals surface area contributed by atoms with E-state index in [0.717, 1.165) is 0 Å². The first-order valence-electron chi connectivity index (χ1n) is 6.47. The van der Waals surface area contributed by atoms with Gasteiger partial charge in [0.05, 0.1) is 19.8 Å². The standard InChI is InChI=1S/C13H20BrO5P/c1-4-17-10-7-8-12(14)11(9-10)13(15)20(16,18-5-2)19-6-3/h7-9,13,15H,4-6H2,1-3H3. The first-order chi connectivity index (χ1) is 9.48. The van der Waals surface area contributed by atoms with Crippen LogP contribution in [0.1, 0.15) is 32.2 Å². The largest absolute Gasteiger partial charge is 0.494 e. The van der Waals surface area contributed by atoms with E-state index in [9.17, 15) is 9.67 Å². The maximum absolute atomic E-state index is 12.6. The van der Waals surface area contributed by atoms with Crippen LogP contribution in [0.2, 0.25) is 0 Å². The molecule has 1 unspecified atom stereocenters. The van der Waals surface area contributed by atoms with Gasteiger partial charge in [0, 0.05) is 10.0 Å². The molecule has 1 atom stereocenters. The SMILES string of the molecule is CCOc1ccc(Br)c(C(O)P(=O)(OCC)OCC)c1. The highest BCUT2D eigenvalue weighted by atomic mass is 79.9. The van der Waals surface area contributed by atoms with Crippen molar-refractivity contribution < 1.29 is 23.5 Å². The Labute approximate surface area is 127 Å². The van der Waals surface area contributed by atoms with Crippen LogP contribution < -0.4 is 4.74 Å². The molecule has 0 aliphatic rings. The number of ether oxygens (including phenoxy) is 1. The average Bonchev–Trinajstić information content (AvgIpc) is 2.41. The number of rotatable bonds is 8. The molecular weight excluding hydrogens is 347 g/mol. The summed E-state index contributed by atoms with van der Waals surface area (Å²) in [5.74, 6) is -0.776. The van der Waals surface area contributed by atoms with Crippen molar-refractivity contribution in [1.82, 2.24) is 0 Å². The molecule has 5 nitrogen and oxygen atoms in total. The second-order valence-corrected chi connectivity index (χ2v) is 6.80. The van der Waals surface area contributed by atoms with Crippen LogP contribution in [-0.2, 0) is 13.6 Å². The molecule has 0 amide bonds. The molecule has 0 radical (unpaired) electrons. The van der Waals surface area contributed by atoms with E-state index in [0.29, 0.717) is 22.4 Å². The Bertz CT molecular complexity index is 470. The zero-order chi connectivity index (χ0) is 15.2. The Balaban J connectivity index is 3.13. The van der Waals surface area contributed by atoms with Gasteiger partial charge >= 0.3 is 7.60 Å². The Morgan fingerprint density at radius 1 is 1.20 bits per heavy atom. The lowest BCUT2D eigenvalue weighted by atomic mass is 10.2. The molecule has 0 heterocycles. The lowest BCUT2D eigenvalue weighted by molar-refractivity contribution is 0.149. The maximum Gasteiger partial charge on any atom is 0.363 e. The fourth-order valence-corrected chi connectivity index (χ4v) is 3.96. The van der Waals surface area contributed by atoms with E-state index in [1.54, 1.807) is 32.0 Å². The minimum Gasteiger partial charge on any atom is -0.494 e. The second-order valence-electron chi connectivity index (χ2n) is 3.87. The molecule has 1 rings (SSSR count). The van der Waals surface area contributed by atoms with Gasteiger partial charge in [-0.3, -0.25) is 4.57 Å². The molecule has 0 aromatic heterocycles. The lowest BCUT2D eigenvalue weighted by Crippen LogP contribution is -2.07. The monoisotopic (exact) mass is 366 g/mol. The molecule has 0 saturated carbocycles. The minimum atomic E-state index is -3.63. The van der Waals surface area contributed by atoms with Crippen molar-refractivity contribution in [2.24, 2.45) is 0 Å². The Morgan fingerprint density at radius 2 is 1.80 bits per heavy atom. The summed E-state index contributed by atoms with van der Waals surface area (Å²) in [5.41, 5.74) is 0.418. The van der Waals surface area contributed by atoms with Crippen molar-refractivity contribution in [3.05, 3.63) is 28.2 Å². The average molecular weight is 367 g/mol. The predicted molar refractivity (Wildman–Crippen MR) is 81.1 cm³/mol. The summed E-state index contributed by atoms with van der Waals surface area (Å²) >= 11 is 3.33. The second kappa shape index (κ2) is 8.15. The number of hydrogen-bond acceptors (Lipinski definition) is 5. The fraction of sp³-hybridized carbons (Fsp3) is 0.538. The molecule has 0 aliphatic heterocycles. The molecule has 1 N–H and O–H groups in total. The van der Waals surface area contributed by atoms with Crippen LogP contribution in [0.4, 0.5) is 0 Å². The van der Waals surface area contributed by atoms with Gasteiger partial charge in [-0.1, -0.05) is 15.9 Å². The molecule has 1 aromatic carbocycles. The van der Waals surface area contributed by atoms with Gasteiger partial charge in [0.1, 0.15) is 5.75 Å². The van der Waals surface area contributed by atoms with E-state index < -0.39 is 13.4 Å². The highest BCUT2D eigenvalue weighted by Gasteiger charge is 2.36. The van der Waals surface area contributed by atoms with Crippen molar-refractivity contribution >= 4 is 23.5 Å². The summed E-state index contributed by atoms with van der Waals surface area (Å²) in [7, 11) is -3.63. The zero-order valence-electron chi connectivity index (χ0n) is 11.8. The molecule has 0 saturated heterocycles. The third kappa shape index (κ3) is 4.30. The Hall–Kier alpha value is -0.390. The molecule has 0 fully saturated rings. The van der Waals surface area contributed by atoms with Gasteiger partial charge in [-0.25, -0.2) is 0 Å². The van der Waals surface area contributed by atoms with Crippen molar-refractivity contribution in [3.63, 3.8) is 0 Å². The van der Waals surface area contributed by atoms with Crippen LogP contribution in [0.25, 0.3) is 0 Å². The Morgan fingerprint density at radius 3 is 2.30 bits per heavy atom. The van der Waals surface area contributed by atoms with Gasteiger partial charge in [0.25, 0.3) is 0 Å². The van der Waals surface area contributed by atoms with Crippen LogP contribution in [0, 0.1) is 0 Å². The van der Waals surface area contributed by atoms with E-state index in [2.05, 4.69) is 15.9 Å². The van der Waals surface area contributed by atoms with Gasteiger partial charge in [0.2, 0.25) is 0 Å². The summed E-state index contributed by atoms with van der Waals surface area (Å²) in [6.07, 6.45) is 0. The van der Waals surface area contributed by atoms with E-state index in [1.807, 2.05) is 6.92 Å². The van der Waals surface area contributed by atoms with Crippen LogP contribution in [0.5, 0.6) is 5.75 Å². The number of hydrogen-bond donors (Lipinski definition) is 1. The smallest absolute Gasteiger partial charge is 0.363 e. The highest BCUT2D eigenvalue weighted by molar-refractivity contribution is 9.10. The van der Waals surface area contributed by atoms with Gasteiger partial charge in [0.15, 0.2) is 5.85 Å². The van der Waals surface area contributed by atoms with Crippen LogP contribution >= 0.6 is 23.5 Å². The highest BCUT2D eigenvalue weighted by Crippen LogP contribution is 2.60. The fourth-order valence-electron chi connectivity index (χ4n) is 1.68. The third-order valence-electron chi connectivity index (χ3n) is 2.47. The maximum atomic E-state index is 12.6. The van der Waals surface area contributed by atoms with Crippen molar-refractivity contribution in [2.45, 2.75) is 26.6 Å². The van der Waals surface area contributed by atoms with Crippen LogP contribution in [0.15, 0.2) is 22.7 Å². The summed E-state index contributed by atoms with van der Waals surface area (Å²) in [6.45, 7) is 6.15. The molecule has 20 heavy (non-hydrogen) atoms. The van der Waals surface area contributed by atoms with Crippen molar-refractivity contribution in [3.8, 4) is 5.75 Å². The topological polar surface area (TPSA) is 65.0 Å². The number of aliphatic hydroxyl groups excluding tert-OH is 1. The summed E-state index contributed by atoms with van der Waals surface area (Å²) in [4.78, 5) is 0. The minimum absolute atomic E-state index is 0.192. The summed E-state index contributed by atoms with van der Waals surface area (Å²) in [6, 6.07) is 5.12. The number of halogens is 1. The van der Waals surface area contributed by atoms with E-state index in [-0.39, 0.29) is 13.2 Å². The molecule has 7 heteroatoms. The van der Waals surface area contributed by atoms with E-state index >= 15 is 0 Å². The van der Waals surface area contributed by atoms with Crippen LogP contribution in [0.3, 0.4) is 0 Å². The van der Waals surface area contributed by atoms with Gasteiger partial charge in [-0.05, 0) is 39.0 Å². The van der Waals surface area contributed by atoms with E-state index in [1.165, 1.54) is 0 Å². The number of benzene rings is 1. The summed E-state index contributed by atoms with van der Waals surface area (Å²) in [5, 5.41) is 10.4. The number of aliphatic hydroxyl groups is 1. The first-order valence-corrected chi connectivity index (χ1v) is 8.88. The molecular formula is C13H20BrO5P. The van der Waals surface area contributed by atoms with Crippen LogP contribution in [-0.4, -0.2) is 24.9 Å². The summed E-state index contributed by atoms with van der Waals surface area (Å²) < 4.78 is 28.9. The molecule has 1 aromatic rings. The molecule has 0 spiro atoms. The first kappa shape index (κ1) is 17.7. The van der Waals surface area contributed by atoms with Gasteiger partial charge < -0.3 is 18.9 Å². The zero-order valence-corrected chi connectivity index (χ0v) is 14.3. The Kier molecular flexibility index (Phi) is 7.20. The molecule has 0 aliphatic carbocycles. The van der Waals surface area contributed by atoms with Gasteiger partial charge in [-0.15, -0.1) is 0 Å². The third-order valence-corrected chi connectivity index (χ3v) is 5.31. The lowest BCUT2D eigenvalue weighted by Gasteiger charge is -2.23. The molecule has 0 bridgehead atoms. The molecule has 114 valence electrons. The van der Waals surface area contributed by atoms with Crippen molar-refractivity contribution in [1.29, 1.82) is 0 Å². The van der Waals surface area contributed by atoms with Crippen molar-refractivity contribution in [2.75, 3.05) is 19.8 Å². The predicted octanol–water partition coefficient (Wildman–Crippen LogP) is 4.10. The normalized spacial score (nSPS) is 13.2.